The minimum absolute atomic E-state index is 0.0219. The lowest BCUT2D eigenvalue weighted by Gasteiger charge is -2.33. The first-order chi connectivity index (χ1) is 19.0. The van der Waals surface area contributed by atoms with Crippen LogP contribution >= 0.6 is 0 Å². The lowest BCUT2D eigenvalue weighted by atomic mass is 9.98. The summed E-state index contributed by atoms with van der Waals surface area (Å²) in [6.07, 6.45) is 1.86. The van der Waals surface area contributed by atoms with Gasteiger partial charge in [0.05, 0.1) is 25.3 Å². The highest BCUT2D eigenvalue weighted by atomic mass is 16.5. The van der Waals surface area contributed by atoms with Crippen LogP contribution in [0.15, 0.2) is 72.8 Å². The van der Waals surface area contributed by atoms with Gasteiger partial charge < -0.3 is 19.7 Å². The molecule has 1 N–H and O–H groups in total. The molecule has 2 atom stereocenters. The highest BCUT2D eigenvalue weighted by Crippen LogP contribution is 2.29. The molecule has 0 saturated carbocycles. The summed E-state index contributed by atoms with van der Waals surface area (Å²) in [6.45, 7) is 3.14. The van der Waals surface area contributed by atoms with Crippen molar-refractivity contribution in [1.82, 2.24) is 25.2 Å². The summed E-state index contributed by atoms with van der Waals surface area (Å²) >= 11 is 0. The van der Waals surface area contributed by atoms with Crippen molar-refractivity contribution >= 4 is 22.8 Å². The molecule has 2 unspecified atom stereocenters. The Morgan fingerprint density at radius 2 is 1.87 bits per heavy atom. The molecule has 2 heterocycles. The lowest BCUT2D eigenvalue weighted by Crippen LogP contribution is -2.46. The maximum Gasteiger partial charge on any atom is 0.247 e. The molecule has 2 amide bonds. The third-order valence-corrected chi connectivity index (χ3v) is 7.13. The third-order valence-electron chi connectivity index (χ3n) is 7.13. The Hall–Kier alpha value is -4.24. The number of aromatic nitrogens is 3. The predicted molar refractivity (Wildman–Crippen MR) is 147 cm³/mol. The smallest absolute Gasteiger partial charge is 0.247 e. The second-order valence-electron chi connectivity index (χ2n) is 9.71. The molecule has 202 valence electrons. The Kier molecular flexibility index (Phi) is 8.17. The van der Waals surface area contributed by atoms with Gasteiger partial charge in [0.25, 0.3) is 0 Å². The summed E-state index contributed by atoms with van der Waals surface area (Å²) in [5, 5.41) is 11.5. The molecule has 0 spiro atoms. The maximum atomic E-state index is 14.1. The molecule has 1 aliphatic heterocycles. The molecular weight excluding hydrogens is 494 g/mol. The number of nitrogens with zero attached hydrogens (tertiary/aromatic N) is 4. The summed E-state index contributed by atoms with van der Waals surface area (Å²) < 4.78 is 12.9. The van der Waals surface area contributed by atoms with E-state index < -0.39 is 6.04 Å². The number of benzene rings is 3. The zero-order valence-electron chi connectivity index (χ0n) is 22.2. The topological polar surface area (TPSA) is 98.6 Å². The minimum atomic E-state index is -0.875. The average Bonchev–Trinajstić information content (AvgIpc) is 3.63. The largest absolute Gasteiger partial charge is 0.496 e. The molecule has 9 nitrogen and oxygen atoms in total. The van der Waals surface area contributed by atoms with Gasteiger partial charge in [0.15, 0.2) is 0 Å². The van der Waals surface area contributed by atoms with Crippen LogP contribution < -0.4 is 10.1 Å². The van der Waals surface area contributed by atoms with E-state index in [1.165, 1.54) is 0 Å². The number of aryl methyl sites for hydroxylation is 1. The Balaban J connectivity index is 1.53. The minimum Gasteiger partial charge on any atom is -0.496 e. The molecule has 3 aromatic carbocycles. The number of nitrogens with one attached hydrogen (secondary N) is 1. The summed E-state index contributed by atoms with van der Waals surface area (Å²) in [7, 11) is 1.60. The molecule has 5 rings (SSSR count). The van der Waals surface area contributed by atoms with Gasteiger partial charge >= 0.3 is 0 Å². The Bertz CT molecular complexity index is 1450. The van der Waals surface area contributed by atoms with Gasteiger partial charge in [0, 0.05) is 18.7 Å². The fraction of sp³-hybridized carbons (Fsp3) is 0.333. The van der Waals surface area contributed by atoms with Gasteiger partial charge in [-0.3, -0.25) is 9.59 Å². The zero-order valence-corrected chi connectivity index (χ0v) is 22.2. The molecule has 0 aliphatic carbocycles. The quantitative estimate of drug-likeness (QED) is 0.337. The monoisotopic (exact) mass is 527 g/mol. The van der Waals surface area contributed by atoms with Gasteiger partial charge in [-0.2, -0.15) is 0 Å². The first-order valence-corrected chi connectivity index (χ1v) is 13.2. The SMILES string of the molecule is COc1ccccc1CN(C(=O)Cn1nnc2ccccc21)C(C(=O)NCC1CCCO1)c1ccccc1C. The molecule has 0 radical (unpaired) electrons. The first-order valence-electron chi connectivity index (χ1n) is 13.2. The van der Waals surface area contributed by atoms with Gasteiger partial charge in [-0.1, -0.05) is 59.8 Å². The molecule has 1 fully saturated rings. The molecular formula is C30H33N5O4. The van der Waals surface area contributed by atoms with E-state index in [2.05, 4.69) is 15.6 Å². The molecule has 1 aromatic heterocycles. The van der Waals surface area contributed by atoms with Crippen molar-refractivity contribution in [3.8, 4) is 5.75 Å². The van der Waals surface area contributed by atoms with Crippen molar-refractivity contribution in [1.29, 1.82) is 0 Å². The van der Waals surface area contributed by atoms with Crippen molar-refractivity contribution in [2.75, 3.05) is 20.3 Å². The van der Waals surface area contributed by atoms with E-state index in [0.29, 0.717) is 24.4 Å². The van der Waals surface area contributed by atoms with E-state index in [9.17, 15) is 9.59 Å². The highest BCUT2D eigenvalue weighted by molar-refractivity contribution is 5.89. The van der Waals surface area contributed by atoms with E-state index in [-0.39, 0.29) is 31.0 Å². The number of hydrogen-bond acceptors (Lipinski definition) is 6. The first kappa shape index (κ1) is 26.4. The number of amides is 2. The number of ether oxygens (including phenoxy) is 2. The van der Waals surface area contributed by atoms with Crippen molar-refractivity contribution in [2.24, 2.45) is 0 Å². The normalized spacial score (nSPS) is 15.7. The van der Waals surface area contributed by atoms with Gasteiger partial charge in [0.1, 0.15) is 23.9 Å². The lowest BCUT2D eigenvalue weighted by molar-refractivity contribution is -0.142. The second-order valence-corrected chi connectivity index (χ2v) is 9.71. The van der Waals surface area contributed by atoms with Crippen LogP contribution in [0, 0.1) is 6.92 Å². The van der Waals surface area contributed by atoms with E-state index in [1.54, 1.807) is 16.7 Å². The van der Waals surface area contributed by atoms with Crippen LogP contribution in [0.4, 0.5) is 0 Å². The van der Waals surface area contributed by atoms with Crippen LogP contribution in [-0.4, -0.2) is 58.1 Å². The molecule has 9 heteroatoms. The van der Waals surface area contributed by atoms with Crippen LogP contribution in [0.1, 0.15) is 35.6 Å². The number of fused-ring (bicyclic) bond motifs is 1. The molecule has 1 saturated heterocycles. The van der Waals surface area contributed by atoms with Gasteiger partial charge in [-0.25, -0.2) is 4.68 Å². The van der Waals surface area contributed by atoms with Crippen molar-refractivity contribution in [3.05, 3.63) is 89.5 Å². The number of methoxy groups -OCH3 is 1. The molecule has 0 bridgehead atoms. The van der Waals surface area contributed by atoms with Crippen LogP contribution in [-0.2, 0) is 27.4 Å². The summed E-state index contributed by atoms with van der Waals surface area (Å²) in [4.78, 5) is 29.7. The number of para-hydroxylation sites is 2. The van der Waals surface area contributed by atoms with E-state index >= 15 is 0 Å². The zero-order chi connectivity index (χ0) is 27.2. The average molecular weight is 528 g/mol. The van der Waals surface area contributed by atoms with Crippen LogP contribution in [0.25, 0.3) is 11.0 Å². The van der Waals surface area contributed by atoms with E-state index in [4.69, 9.17) is 9.47 Å². The Labute approximate surface area is 227 Å². The molecule has 39 heavy (non-hydrogen) atoms. The van der Waals surface area contributed by atoms with Gasteiger partial charge in [0.2, 0.25) is 11.8 Å². The predicted octanol–water partition coefficient (Wildman–Crippen LogP) is 3.81. The fourth-order valence-electron chi connectivity index (χ4n) is 5.05. The van der Waals surface area contributed by atoms with Crippen molar-refractivity contribution < 1.29 is 19.1 Å². The number of carbonyl (C=O) groups excluding carboxylic acids is 2. The third kappa shape index (κ3) is 5.93. The van der Waals surface area contributed by atoms with Crippen LogP contribution in [0.5, 0.6) is 5.75 Å². The summed E-state index contributed by atoms with van der Waals surface area (Å²) in [5.41, 5.74) is 3.92. The van der Waals surface area contributed by atoms with Gasteiger partial charge in [-0.15, -0.1) is 5.10 Å². The molecule has 4 aromatic rings. The fourth-order valence-corrected chi connectivity index (χ4v) is 5.05. The van der Waals surface area contributed by atoms with Gasteiger partial charge in [-0.05, 0) is 49.1 Å². The van der Waals surface area contributed by atoms with Crippen LogP contribution in [0.2, 0.25) is 0 Å². The molecule has 1 aliphatic rings. The van der Waals surface area contributed by atoms with Crippen molar-refractivity contribution in [3.63, 3.8) is 0 Å². The second kappa shape index (κ2) is 12.1. The maximum absolute atomic E-state index is 14.1. The standard InChI is InChI=1S/C30H33N5O4/c1-21-10-3-5-13-24(21)29(30(37)31-18-23-12-9-17-39-23)34(19-22-11-4-8-16-27(22)38-2)28(36)20-35-26-15-7-6-14-25(26)32-33-35/h3-8,10-11,13-16,23,29H,9,12,17-20H2,1-2H3,(H,31,37). The van der Waals surface area contributed by atoms with E-state index in [1.807, 2.05) is 79.7 Å². The van der Waals surface area contributed by atoms with Crippen LogP contribution in [0.3, 0.4) is 0 Å². The number of rotatable bonds is 10. The Morgan fingerprint density at radius 3 is 2.67 bits per heavy atom. The Morgan fingerprint density at radius 1 is 1.10 bits per heavy atom. The summed E-state index contributed by atoms with van der Waals surface area (Å²) in [6, 6.07) is 21.8. The van der Waals surface area contributed by atoms with E-state index in [0.717, 1.165) is 35.0 Å². The van der Waals surface area contributed by atoms with Crippen molar-refractivity contribution in [2.45, 2.75) is 45.0 Å². The summed E-state index contributed by atoms with van der Waals surface area (Å²) in [5.74, 6) is 0.119. The highest BCUT2D eigenvalue weighted by Gasteiger charge is 2.34. The number of hydrogen-bond donors (Lipinski definition) is 1. The number of carbonyl (C=O) groups is 2.